The van der Waals surface area contributed by atoms with E-state index in [-0.39, 0.29) is 6.04 Å². The summed E-state index contributed by atoms with van der Waals surface area (Å²) in [4.78, 5) is 0. The SMILES string of the molecule is CNC(C)c1ccc(Br)cc1OCc1ccccc1C. The quantitative estimate of drug-likeness (QED) is 0.862. The van der Waals surface area contributed by atoms with Crippen LogP contribution in [0.4, 0.5) is 0 Å². The van der Waals surface area contributed by atoms with Crippen LogP contribution in [0.15, 0.2) is 46.9 Å². The lowest BCUT2D eigenvalue weighted by Gasteiger charge is -2.17. The third-order valence-corrected chi connectivity index (χ3v) is 4.01. The highest BCUT2D eigenvalue weighted by molar-refractivity contribution is 9.10. The van der Waals surface area contributed by atoms with Crippen LogP contribution in [-0.2, 0) is 6.61 Å². The Morgan fingerprint density at radius 1 is 1.20 bits per heavy atom. The lowest BCUT2D eigenvalue weighted by Crippen LogP contribution is -2.13. The standard InChI is InChI=1S/C17H20BrNO/c1-12-6-4-5-7-14(12)11-20-17-10-15(18)8-9-16(17)13(2)19-3/h4-10,13,19H,11H2,1-3H3. The van der Waals surface area contributed by atoms with E-state index in [4.69, 9.17) is 4.74 Å². The largest absolute Gasteiger partial charge is 0.489 e. The van der Waals surface area contributed by atoms with Crippen molar-refractivity contribution in [2.24, 2.45) is 0 Å². The van der Waals surface area contributed by atoms with Gasteiger partial charge in [-0.25, -0.2) is 0 Å². The van der Waals surface area contributed by atoms with E-state index in [0.29, 0.717) is 6.61 Å². The summed E-state index contributed by atoms with van der Waals surface area (Å²) in [6.45, 7) is 4.83. The molecule has 0 amide bonds. The van der Waals surface area contributed by atoms with E-state index in [1.165, 1.54) is 16.7 Å². The van der Waals surface area contributed by atoms with Crippen LogP contribution in [0.2, 0.25) is 0 Å². The highest BCUT2D eigenvalue weighted by Crippen LogP contribution is 2.29. The van der Waals surface area contributed by atoms with Gasteiger partial charge in [0, 0.05) is 16.1 Å². The van der Waals surface area contributed by atoms with E-state index in [2.05, 4.69) is 53.3 Å². The molecule has 0 spiro atoms. The zero-order chi connectivity index (χ0) is 14.5. The van der Waals surface area contributed by atoms with Crippen molar-refractivity contribution in [3.63, 3.8) is 0 Å². The number of benzene rings is 2. The van der Waals surface area contributed by atoms with Crippen LogP contribution in [0.1, 0.15) is 29.7 Å². The summed E-state index contributed by atoms with van der Waals surface area (Å²) in [6.07, 6.45) is 0. The van der Waals surface area contributed by atoms with Crippen LogP contribution >= 0.6 is 15.9 Å². The Balaban J connectivity index is 2.20. The average molecular weight is 334 g/mol. The van der Waals surface area contributed by atoms with Gasteiger partial charge in [-0.05, 0) is 44.2 Å². The van der Waals surface area contributed by atoms with Crippen LogP contribution in [-0.4, -0.2) is 7.05 Å². The molecule has 0 heterocycles. The normalized spacial score (nSPS) is 12.2. The minimum absolute atomic E-state index is 0.259. The van der Waals surface area contributed by atoms with Gasteiger partial charge in [0.2, 0.25) is 0 Å². The van der Waals surface area contributed by atoms with Gasteiger partial charge in [-0.15, -0.1) is 0 Å². The predicted octanol–water partition coefficient (Wildman–Crippen LogP) is 4.62. The molecule has 3 heteroatoms. The minimum Gasteiger partial charge on any atom is -0.489 e. The predicted molar refractivity (Wildman–Crippen MR) is 87.1 cm³/mol. The van der Waals surface area contributed by atoms with Gasteiger partial charge < -0.3 is 10.1 Å². The van der Waals surface area contributed by atoms with Gasteiger partial charge in [0.05, 0.1) is 0 Å². The summed E-state index contributed by atoms with van der Waals surface area (Å²) >= 11 is 3.51. The first kappa shape index (κ1) is 15.1. The van der Waals surface area contributed by atoms with E-state index in [0.717, 1.165) is 10.2 Å². The van der Waals surface area contributed by atoms with E-state index in [9.17, 15) is 0 Å². The molecule has 0 bridgehead atoms. The summed E-state index contributed by atoms with van der Waals surface area (Å²) in [5.41, 5.74) is 3.64. The maximum atomic E-state index is 6.04. The molecule has 0 aliphatic carbocycles. The summed E-state index contributed by atoms with van der Waals surface area (Å²) in [7, 11) is 1.96. The fourth-order valence-corrected chi connectivity index (χ4v) is 2.41. The molecule has 0 aromatic heterocycles. The summed E-state index contributed by atoms with van der Waals surface area (Å²) in [5, 5.41) is 3.26. The third-order valence-electron chi connectivity index (χ3n) is 3.52. The molecule has 106 valence electrons. The maximum Gasteiger partial charge on any atom is 0.125 e. The highest BCUT2D eigenvalue weighted by Gasteiger charge is 2.11. The fraction of sp³-hybridized carbons (Fsp3) is 0.294. The Kier molecular flexibility index (Phi) is 5.21. The molecule has 0 fully saturated rings. The molecule has 0 saturated carbocycles. The maximum absolute atomic E-state index is 6.04. The van der Waals surface area contributed by atoms with Crippen molar-refractivity contribution >= 4 is 15.9 Å². The molecule has 1 atom stereocenters. The average Bonchev–Trinajstić information content (AvgIpc) is 2.46. The number of hydrogen-bond acceptors (Lipinski definition) is 2. The molecule has 2 rings (SSSR count). The zero-order valence-corrected chi connectivity index (χ0v) is 13.7. The molecule has 2 nitrogen and oxygen atoms in total. The minimum atomic E-state index is 0.259. The van der Waals surface area contributed by atoms with Crippen LogP contribution in [0.3, 0.4) is 0 Å². The van der Waals surface area contributed by atoms with Gasteiger partial charge in [-0.2, -0.15) is 0 Å². The van der Waals surface area contributed by atoms with Gasteiger partial charge in [-0.1, -0.05) is 46.3 Å². The lowest BCUT2D eigenvalue weighted by molar-refractivity contribution is 0.299. The molecule has 0 radical (unpaired) electrons. The zero-order valence-electron chi connectivity index (χ0n) is 12.1. The number of halogens is 1. The van der Waals surface area contributed by atoms with Gasteiger partial charge in [0.25, 0.3) is 0 Å². The second-order valence-corrected chi connectivity index (χ2v) is 5.82. The molecule has 2 aromatic rings. The van der Waals surface area contributed by atoms with Crippen LogP contribution in [0, 0.1) is 6.92 Å². The van der Waals surface area contributed by atoms with Crippen molar-refractivity contribution in [3.8, 4) is 5.75 Å². The monoisotopic (exact) mass is 333 g/mol. The Hall–Kier alpha value is -1.32. The Labute approximate surface area is 129 Å². The van der Waals surface area contributed by atoms with Gasteiger partial charge >= 0.3 is 0 Å². The first-order valence-corrected chi connectivity index (χ1v) is 7.55. The molecule has 20 heavy (non-hydrogen) atoms. The molecular formula is C17H20BrNO. The van der Waals surface area contributed by atoms with E-state index < -0.39 is 0 Å². The molecule has 0 aliphatic heterocycles. The second-order valence-electron chi connectivity index (χ2n) is 4.91. The van der Waals surface area contributed by atoms with Crippen molar-refractivity contribution in [1.29, 1.82) is 0 Å². The second kappa shape index (κ2) is 6.91. The summed E-state index contributed by atoms with van der Waals surface area (Å²) in [6, 6.07) is 14.7. The lowest BCUT2D eigenvalue weighted by atomic mass is 10.1. The van der Waals surface area contributed by atoms with Crippen LogP contribution < -0.4 is 10.1 Å². The molecule has 2 aromatic carbocycles. The van der Waals surface area contributed by atoms with E-state index in [1.54, 1.807) is 0 Å². The first-order valence-electron chi connectivity index (χ1n) is 6.76. The first-order chi connectivity index (χ1) is 9.61. The van der Waals surface area contributed by atoms with Crippen LogP contribution in [0.25, 0.3) is 0 Å². The molecular weight excluding hydrogens is 314 g/mol. The van der Waals surface area contributed by atoms with Gasteiger partial charge in [0.15, 0.2) is 0 Å². The summed E-state index contributed by atoms with van der Waals surface area (Å²) < 4.78 is 7.07. The Bertz CT molecular complexity index is 583. The number of hydrogen-bond donors (Lipinski definition) is 1. The van der Waals surface area contributed by atoms with Gasteiger partial charge in [-0.3, -0.25) is 0 Å². The topological polar surface area (TPSA) is 21.3 Å². The number of rotatable bonds is 5. The van der Waals surface area contributed by atoms with E-state index in [1.807, 2.05) is 31.3 Å². The van der Waals surface area contributed by atoms with Crippen molar-refractivity contribution < 1.29 is 4.74 Å². The molecule has 1 unspecified atom stereocenters. The number of aryl methyl sites for hydroxylation is 1. The summed E-state index contributed by atoms with van der Waals surface area (Å²) in [5.74, 6) is 0.921. The highest BCUT2D eigenvalue weighted by atomic mass is 79.9. The Morgan fingerprint density at radius 2 is 1.95 bits per heavy atom. The van der Waals surface area contributed by atoms with Crippen LogP contribution in [0.5, 0.6) is 5.75 Å². The molecule has 0 aliphatic rings. The molecule has 0 saturated heterocycles. The fourth-order valence-electron chi connectivity index (χ4n) is 2.07. The Morgan fingerprint density at radius 3 is 2.65 bits per heavy atom. The van der Waals surface area contributed by atoms with E-state index >= 15 is 0 Å². The number of ether oxygens (including phenoxy) is 1. The smallest absolute Gasteiger partial charge is 0.125 e. The third kappa shape index (κ3) is 3.62. The van der Waals surface area contributed by atoms with Crippen molar-refractivity contribution in [2.75, 3.05) is 7.05 Å². The van der Waals surface area contributed by atoms with Crippen molar-refractivity contribution in [1.82, 2.24) is 5.32 Å². The van der Waals surface area contributed by atoms with Crippen molar-refractivity contribution in [3.05, 3.63) is 63.6 Å². The van der Waals surface area contributed by atoms with Gasteiger partial charge in [0.1, 0.15) is 12.4 Å². The number of nitrogens with one attached hydrogen (secondary N) is 1. The molecule has 1 N–H and O–H groups in total. The van der Waals surface area contributed by atoms with Crippen molar-refractivity contribution in [2.45, 2.75) is 26.5 Å².